The Morgan fingerprint density at radius 1 is 1.06 bits per heavy atom. The van der Waals surface area contributed by atoms with E-state index in [0.29, 0.717) is 48.5 Å². The van der Waals surface area contributed by atoms with E-state index in [0.717, 1.165) is 25.1 Å². The molecular formula is C26H32N4O4. The van der Waals surface area contributed by atoms with Gasteiger partial charge < -0.3 is 19.2 Å². The highest BCUT2D eigenvalue weighted by atomic mass is 16.5. The van der Waals surface area contributed by atoms with Gasteiger partial charge in [0.05, 0.1) is 17.2 Å². The predicted molar refractivity (Wildman–Crippen MR) is 126 cm³/mol. The van der Waals surface area contributed by atoms with E-state index in [1.54, 1.807) is 13.8 Å². The highest BCUT2D eigenvalue weighted by Gasteiger charge is 2.57. The standard InChI is InChI=1S/C26H32N4O4/c1-16(2)30-23(31)20-9-6-5-8-19(20)22(25(33)28-12-7-13-28)26(30)10-14-29(15-11-26)24(32)21-17(3)27-34-18(21)4/h5-6,8-9,16,22H,7,10-15H2,1-4H3. The summed E-state index contributed by atoms with van der Waals surface area (Å²) in [5.74, 6) is 0.0566. The van der Waals surface area contributed by atoms with Crippen LogP contribution >= 0.6 is 0 Å². The Kier molecular flexibility index (Phi) is 5.49. The summed E-state index contributed by atoms with van der Waals surface area (Å²) in [6.45, 7) is 10.0. The maximum atomic E-state index is 13.9. The maximum Gasteiger partial charge on any atom is 0.259 e. The first-order valence-electron chi connectivity index (χ1n) is 12.2. The zero-order valence-electron chi connectivity index (χ0n) is 20.3. The Labute approximate surface area is 199 Å². The molecule has 3 aliphatic heterocycles. The third kappa shape index (κ3) is 3.26. The van der Waals surface area contributed by atoms with Crippen molar-refractivity contribution in [3.63, 3.8) is 0 Å². The van der Waals surface area contributed by atoms with Crippen LogP contribution in [-0.2, 0) is 4.79 Å². The summed E-state index contributed by atoms with van der Waals surface area (Å²) >= 11 is 0. The summed E-state index contributed by atoms with van der Waals surface area (Å²) in [5, 5.41) is 3.93. The van der Waals surface area contributed by atoms with Crippen LogP contribution < -0.4 is 0 Å². The molecule has 1 aromatic heterocycles. The van der Waals surface area contributed by atoms with Crippen LogP contribution in [0.3, 0.4) is 0 Å². The molecule has 34 heavy (non-hydrogen) atoms. The molecule has 0 bridgehead atoms. The van der Waals surface area contributed by atoms with Gasteiger partial charge in [-0.3, -0.25) is 14.4 Å². The molecule has 1 aromatic carbocycles. The van der Waals surface area contributed by atoms with Gasteiger partial charge in [-0.15, -0.1) is 0 Å². The fraction of sp³-hybridized carbons (Fsp3) is 0.538. The highest BCUT2D eigenvalue weighted by molar-refractivity contribution is 6.02. The molecule has 0 saturated carbocycles. The third-order valence-electron chi connectivity index (χ3n) is 7.83. The molecule has 0 aliphatic carbocycles. The van der Waals surface area contributed by atoms with Crippen molar-refractivity contribution < 1.29 is 18.9 Å². The van der Waals surface area contributed by atoms with Crippen LogP contribution in [0.4, 0.5) is 0 Å². The fourth-order valence-electron chi connectivity index (χ4n) is 6.11. The molecule has 3 aliphatic rings. The van der Waals surface area contributed by atoms with Gasteiger partial charge in [0.2, 0.25) is 5.91 Å². The van der Waals surface area contributed by atoms with Crippen molar-refractivity contribution in [1.29, 1.82) is 0 Å². The van der Waals surface area contributed by atoms with Gasteiger partial charge in [0.15, 0.2) is 0 Å². The quantitative estimate of drug-likeness (QED) is 0.697. The first kappa shape index (κ1) is 22.6. The van der Waals surface area contributed by atoms with Crippen molar-refractivity contribution >= 4 is 17.7 Å². The van der Waals surface area contributed by atoms with E-state index >= 15 is 0 Å². The Morgan fingerprint density at radius 2 is 1.74 bits per heavy atom. The number of benzene rings is 1. The lowest BCUT2D eigenvalue weighted by Gasteiger charge is -2.57. The zero-order chi connectivity index (χ0) is 24.2. The SMILES string of the molecule is Cc1noc(C)c1C(=O)N1CCC2(CC1)C(C(=O)N1CCC1)c1ccccc1C(=O)N2C(C)C. The molecule has 8 nitrogen and oxygen atoms in total. The predicted octanol–water partition coefficient (Wildman–Crippen LogP) is 3.15. The van der Waals surface area contributed by atoms with Crippen molar-refractivity contribution in [2.45, 2.75) is 64.5 Å². The van der Waals surface area contributed by atoms with Crippen molar-refractivity contribution in [1.82, 2.24) is 19.9 Å². The molecular weight excluding hydrogens is 432 g/mol. The Hall–Kier alpha value is -3.16. The second-order valence-electron chi connectivity index (χ2n) is 10.1. The number of hydrogen-bond donors (Lipinski definition) is 0. The summed E-state index contributed by atoms with van der Waals surface area (Å²) in [6, 6.07) is 7.49. The van der Waals surface area contributed by atoms with Gasteiger partial charge in [-0.1, -0.05) is 23.4 Å². The van der Waals surface area contributed by atoms with Crippen LogP contribution in [0.2, 0.25) is 0 Å². The van der Waals surface area contributed by atoms with E-state index < -0.39 is 11.5 Å². The van der Waals surface area contributed by atoms with Gasteiger partial charge in [0.1, 0.15) is 11.3 Å². The molecule has 8 heteroatoms. The summed E-state index contributed by atoms with van der Waals surface area (Å²) < 4.78 is 5.21. The topological polar surface area (TPSA) is 87.0 Å². The Morgan fingerprint density at radius 3 is 2.29 bits per heavy atom. The number of nitrogens with zero attached hydrogens (tertiary/aromatic N) is 4. The number of hydrogen-bond acceptors (Lipinski definition) is 5. The van der Waals surface area contributed by atoms with Crippen LogP contribution in [-0.4, -0.2) is 75.3 Å². The molecule has 0 radical (unpaired) electrons. The number of fused-ring (bicyclic) bond motifs is 1. The second-order valence-corrected chi connectivity index (χ2v) is 10.1. The van der Waals surface area contributed by atoms with Crippen LogP contribution in [0.1, 0.15) is 76.8 Å². The number of rotatable bonds is 3. The van der Waals surface area contributed by atoms with Crippen LogP contribution in [0.5, 0.6) is 0 Å². The van der Waals surface area contributed by atoms with Gasteiger partial charge in [-0.05, 0) is 58.6 Å². The van der Waals surface area contributed by atoms with Crippen LogP contribution in [0.15, 0.2) is 28.8 Å². The van der Waals surface area contributed by atoms with Gasteiger partial charge in [-0.25, -0.2) is 0 Å². The summed E-state index contributed by atoms with van der Waals surface area (Å²) in [4.78, 5) is 46.6. The van der Waals surface area contributed by atoms with Crippen LogP contribution in [0, 0.1) is 13.8 Å². The normalized spacial score (nSPS) is 21.6. The maximum absolute atomic E-state index is 13.9. The number of amides is 3. The van der Waals surface area contributed by atoms with Gasteiger partial charge in [0, 0.05) is 37.8 Å². The molecule has 1 spiro atoms. The second kappa shape index (κ2) is 8.25. The smallest absolute Gasteiger partial charge is 0.259 e. The number of carbonyl (C=O) groups is 3. The van der Waals surface area contributed by atoms with E-state index in [1.165, 1.54) is 0 Å². The molecule has 2 saturated heterocycles. The molecule has 0 N–H and O–H groups in total. The molecule has 2 aromatic rings. The number of piperidine rings is 1. The van der Waals surface area contributed by atoms with Crippen molar-refractivity contribution in [3.8, 4) is 0 Å². The van der Waals surface area contributed by atoms with Gasteiger partial charge in [0.25, 0.3) is 11.8 Å². The van der Waals surface area contributed by atoms with E-state index in [4.69, 9.17) is 4.52 Å². The minimum absolute atomic E-state index is 0.0243. The zero-order valence-corrected chi connectivity index (χ0v) is 20.3. The summed E-state index contributed by atoms with van der Waals surface area (Å²) in [5.41, 5.74) is 1.87. The monoisotopic (exact) mass is 464 g/mol. The van der Waals surface area contributed by atoms with Crippen molar-refractivity contribution in [3.05, 3.63) is 52.4 Å². The average molecular weight is 465 g/mol. The van der Waals surface area contributed by atoms with Crippen molar-refractivity contribution in [2.75, 3.05) is 26.2 Å². The van der Waals surface area contributed by atoms with E-state index in [1.807, 2.05) is 52.8 Å². The number of carbonyl (C=O) groups excluding carboxylic acids is 3. The van der Waals surface area contributed by atoms with Gasteiger partial charge >= 0.3 is 0 Å². The number of aryl methyl sites for hydroxylation is 2. The summed E-state index contributed by atoms with van der Waals surface area (Å²) in [6.07, 6.45) is 2.11. The molecule has 1 unspecified atom stereocenters. The van der Waals surface area contributed by atoms with E-state index in [9.17, 15) is 14.4 Å². The lowest BCUT2D eigenvalue weighted by atomic mass is 9.66. The minimum atomic E-state index is -0.665. The number of aromatic nitrogens is 1. The average Bonchev–Trinajstić information content (AvgIpc) is 3.10. The molecule has 3 amide bonds. The van der Waals surface area contributed by atoms with E-state index in [2.05, 4.69) is 5.16 Å². The van der Waals surface area contributed by atoms with Gasteiger partial charge in [-0.2, -0.15) is 0 Å². The molecule has 1 atom stereocenters. The van der Waals surface area contributed by atoms with E-state index in [-0.39, 0.29) is 23.8 Å². The summed E-state index contributed by atoms with van der Waals surface area (Å²) in [7, 11) is 0. The Balaban J connectivity index is 1.54. The fourth-order valence-corrected chi connectivity index (χ4v) is 6.11. The molecule has 2 fully saturated rings. The highest BCUT2D eigenvalue weighted by Crippen LogP contribution is 2.49. The number of likely N-dealkylation sites (tertiary alicyclic amines) is 2. The van der Waals surface area contributed by atoms with Crippen LogP contribution in [0.25, 0.3) is 0 Å². The lowest BCUT2D eigenvalue weighted by Crippen LogP contribution is -2.68. The minimum Gasteiger partial charge on any atom is -0.361 e. The third-order valence-corrected chi connectivity index (χ3v) is 7.83. The van der Waals surface area contributed by atoms with Crippen molar-refractivity contribution in [2.24, 2.45) is 0 Å². The largest absolute Gasteiger partial charge is 0.361 e. The molecule has 5 rings (SSSR count). The first-order valence-corrected chi connectivity index (χ1v) is 12.2. The first-order chi connectivity index (χ1) is 16.3. The molecule has 180 valence electrons. The molecule has 4 heterocycles. The Bertz CT molecular complexity index is 1120. The lowest BCUT2D eigenvalue weighted by molar-refractivity contribution is -0.142.